The molecule has 2 atom stereocenters. The van der Waals surface area contributed by atoms with E-state index >= 15 is 0 Å². The third-order valence-electron chi connectivity index (χ3n) is 3.41. The fourth-order valence-electron chi connectivity index (χ4n) is 2.34. The highest BCUT2D eigenvalue weighted by molar-refractivity contribution is 7.94. The molecule has 1 aliphatic heterocycles. The molecule has 0 saturated heterocycles. The minimum absolute atomic E-state index is 0.288. The topological polar surface area (TPSA) is 46.5 Å². The zero-order chi connectivity index (χ0) is 13.5. The number of hydrogen-bond acceptors (Lipinski definition) is 2. The molecule has 0 aliphatic carbocycles. The van der Waals surface area contributed by atoms with E-state index in [0.717, 1.165) is 5.56 Å². The molecule has 0 aromatic heterocycles. The van der Waals surface area contributed by atoms with Gasteiger partial charge in [-0.1, -0.05) is 36.4 Å². The number of rotatable bonds is 1. The van der Waals surface area contributed by atoms with E-state index in [4.69, 9.17) is 0 Å². The van der Waals surface area contributed by atoms with E-state index in [2.05, 4.69) is 4.36 Å². The molecule has 2 aromatic rings. The Balaban J connectivity index is 2.26. The van der Waals surface area contributed by atoms with Crippen LogP contribution >= 0.6 is 0 Å². The SMILES string of the molecule is CC1c2ccccc2C(=O)N=S1(=O)c1ccccc1. The monoisotopic (exact) mass is 271 g/mol. The molecule has 2 aromatic carbocycles. The molecule has 0 N–H and O–H groups in total. The molecular weight excluding hydrogens is 258 g/mol. The molecule has 0 spiro atoms. The van der Waals surface area contributed by atoms with Crippen molar-refractivity contribution in [2.45, 2.75) is 17.1 Å². The number of benzene rings is 2. The van der Waals surface area contributed by atoms with Crippen LogP contribution in [0, 0.1) is 0 Å². The number of carbonyl (C=O) groups is 1. The van der Waals surface area contributed by atoms with Gasteiger partial charge in [0.2, 0.25) is 0 Å². The molecule has 0 fully saturated rings. The quantitative estimate of drug-likeness (QED) is 0.797. The van der Waals surface area contributed by atoms with Gasteiger partial charge in [0.25, 0.3) is 5.91 Å². The normalized spacial score (nSPS) is 25.5. The first-order valence-corrected chi connectivity index (χ1v) is 7.65. The zero-order valence-electron chi connectivity index (χ0n) is 10.4. The Labute approximate surface area is 112 Å². The third-order valence-corrected chi connectivity index (χ3v) is 6.00. The van der Waals surface area contributed by atoms with E-state index in [1.807, 2.05) is 37.3 Å². The number of nitrogens with zero attached hydrogens (tertiary/aromatic N) is 1. The summed E-state index contributed by atoms with van der Waals surface area (Å²) in [4.78, 5) is 12.7. The summed E-state index contributed by atoms with van der Waals surface area (Å²) < 4.78 is 17.1. The summed E-state index contributed by atoms with van der Waals surface area (Å²) in [5.41, 5.74) is 1.38. The van der Waals surface area contributed by atoms with Gasteiger partial charge in [-0.3, -0.25) is 4.79 Å². The van der Waals surface area contributed by atoms with Crippen molar-refractivity contribution in [3.05, 3.63) is 65.7 Å². The highest BCUT2D eigenvalue weighted by Gasteiger charge is 2.32. The van der Waals surface area contributed by atoms with Crippen molar-refractivity contribution < 1.29 is 9.00 Å². The van der Waals surface area contributed by atoms with Gasteiger partial charge in [-0.2, -0.15) is 4.36 Å². The summed E-state index contributed by atoms with van der Waals surface area (Å²) >= 11 is 0. The Morgan fingerprint density at radius 1 is 1.00 bits per heavy atom. The minimum atomic E-state index is -2.73. The van der Waals surface area contributed by atoms with Gasteiger partial charge in [0.1, 0.15) is 0 Å². The lowest BCUT2D eigenvalue weighted by Gasteiger charge is -2.24. The summed E-state index contributed by atoms with van der Waals surface area (Å²) in [6.45, 7) is 1.87. The number of carbonyl (C=O) groups excluding carboxylic acids is 1. The van der Waals surface area contributed by atoms with Crippen molar-refractivity contribution in [1.82, 2.24) is 0 Å². The Bertz CT molecular complexity index is 759. The van der Waals surface area contributed by atoms with Crippen molar-refractivity contribution in [1.29, 1.82) is 0 Å². The van der Waals surface area contributed by atoms with E-state index in [9.17, 15) is 9.00 Å². The predicted molar refractivity (Wildman–Crippen MR) is 74.5 cm³/mol. The first kappa shape index (κ1) is 12.1. The molecule has 3 rings (SSSR count). The van der Waals surface area contributed by atoms with Crippen molar-refractivity contribution in [2.24, 2.45) is 4.36 Å². The van der Waals surface area contributed by atoms with E-state index in [-0.39, 0.29) is 11.2 Å². The molecule has 1 heterocycles. The summed E-state index contributed by atoms with van der Waals surface area (Å²) in [5, 5.41) is -0.288. The van der Waals surface area contributed by atoms with E-state index in [1.54, 1.807) is 24.3 Å². The highest BCUT2D eigenvalue weighted by Crippen LogP contribution is 2.36. The van der Waals surface area contributed by atoms with Gasteiger partial charge in [-0.25, -0.2) is 4.21 Å². The smallest absolute Gasteiger partial charge is 0.266 e. The lowest BCUT2D eigenvalue weighted by atomic mass is 10.0. The van der Waals surface area contributed by atoms with Crippen LogP contribution in [0.3, 0.4) is 0 Å². The maximum atomic E-state index is 13.1. The fraction of sp³-hybridized carbons (Fsp3) is 0.133. The maximum absolute atomic E-state index is 13.1. The van der Waals surface area contributed by atoms with Gasteiger partial charge < -0.3 is 0 Å². The van der Waals surface area contributed by atoms with Crippen LogP contribution in [0.25, 0.3) is 0 Å². The molecule has 3 nitrogen and oxygen atoms in total. The van der Waals surface area contributed by atoms with Crippen LogP contribution in [0.2, 0.25) is 0 Å². The molecule has 19 heavy (non-hydrogen) atoms. The number of fused-ring (bicyclic) bond motifs is 1. The van der Waals surface area contributed by atoms with Crippen LogP contribution in [0.15, 0.2) is 63.9 Å². The van der Waals surface area contributed by atoms with Gasteiger partial charge in [0.05, 0.1) is 15.0 Å². The molecule has 1 aliphatic rings. The Morgan fingerprint density at radius 2 is 1.63 bits per heavy atom. The second kappa shape index (κ2) is 4.31. The number of hydrogen-bond donors (Lipinski definition) is 0. The van der Waals surface area contributed by atoms with Gasteiger partial charge in [-0.15, -0.1) is 0 Å². The van der Waals surface area contributed by atoms with Crippen molar-refractivity contribution >= 4 is 15.6 Å². The second-order valence-electron chi connectivity index (χ2n) is 4.51. The Hall–Kier alpha value is -1.94. The third kappa shape index (κ3) is 1.79. The molecule has 4 heteroatoms. The summed E-state index contributed by atoms with van der Waals surface area (Å²) in [6.07, 6.45) is 0. The molecule has 1 amide bonds. The van der Waals surface area contributed by atoms with Crippen LogP contribution in [0.1, 0.15) is 28.1 Å². The highest BCUT2D eigenvalue weighted by atomic mass is 32.2. The zero-order valence-corrected chi connectivity index (χ0v) is 11.3. The van der Waals surface area contributed by atoms with Crippen molar-refractivity contribution in [3.63, 3.8) is 0 Å². The van der Waals surface area contributed by atoms with Crippen molar-refractivity contribution in [3.8, 4) is 0 Å². The van der Waals surface area contributed by atoms with E-state index < -0.39 is 9.73 Å². The standard InChI is InChI=1S/C15H13NO2S/c1-11-13-9-5-6-10-14(13)15(17)16-19(11,18)12-7-3-2-4-8-12/h2-11H,1H3. The summed E-state index contributed by atoms with van der Waals surface area (Å²) in [5.74, 6) is -0.387. The van der Waals surface area contributed by atoms with Gasteiger partial charge >= 0.3 is 0 Å². The Morgan fingerprint density at radius 3 is 2.37 bits per heavy atom. The lowest BCUT2D eigenvalue weighted by Crippen LogP contribution is -2.20. The molecule has 0 radical (unpaired) electrons. The maximum Gasteiger partial charge on any atom is 0.285 e. The van der Waals surface area contributed by atoms with Gasteiger partial charge in [-0.05, 0) is 30.7 Å². The predicted octanol–water partition coefficient (Wildman–Crippen LogP) is 3.43. The molecular formula is C15H13NO2S. The molecule has 0 saturated carbocycles. The first-order valence-electron chi connectivity index (χ1n) is 6.07. The average Bonchev–Trinajstić information content (AvgIpc) is 2.46. The summed E-state index contributed by atoms with van der Waals surface area (Å²) in [6, 6.07) is 16.3. The Kier molecular flexibility index (Phi) is 2.75. The fourth-order valence-corrected chi connectivity index (χ4v) is 4.46. The summed E-state index contributed by atoms with van der Waals surface area (Å²) in [7, 11) is -2.73. The molecule has 0 bridgehead atoms. The van der Waals surface area contributed by atoms with Gasteiger partial charge in [0.15, 0.2) is 0 Å². The minimum Gasteiger partial charge on any atom is -0.266 e. The molecule has 96 valence electrons. The number of amides is 1. The van der Waals surface area contributed by atoms with Crippen LogP contribution in [-0.4, -0.2) is 10.1 Å². The van der Waals surface area contributed by atoms with E-state index in [1.165, 1.54) is 0 Å². The lowest BCUT2D eigenvalue weighted by molar-refractivity contribution is 0.100. The molecule has 2 unspecified atom stereocenters. The van der Waals surface area contributed by atoms with Crippen molar-refractivity contribution in [2.75, 3.05) is 0 Å². The van der Waals surface area contributed by atoms with E-state index in [0.29, 0.717) is 10.5 Å². The average molecular weight is 271 g/mol. The second-order valence-corrected chi connectivity index (χ2v) is 7.01. The van der Waals surface area contributed by atoms with Gasteiger partial charge in [0, 0.05) is 10.5 Å². The van der Waals surface area contributed by atoms with Crippen LogP contribution in [0.4, 0.5) is 0 Å². The van der Waals surface area contributed by atoms with Crippen LogP contribution in [0.5, 0.6) is 0 Å². The van der Waals surface area contributed by atoms with Crippen LogP contribution in [-0.2, 0) is 9.73 Å². The van der Waals surface area contributed by atoms with Crippen LogP contribution < -0.4 is 0 Å². The first-order chi connectivity index (χ1) is 9.13. The largest absolute Gasteiger partial charge is 0.285 e.